The van der Waals surface area contributed by atoms with Gasteiger partial charge in [0.05, 0.1) is 11.2 Å². The Balaban J connectivity index is 0.000000151. The lowest BCUT2D eigenvalue weighted by Gasteiger charge is -2.32. The summed E-state index contributed by atoms with van der Waals surface area (Å²) in [5.41, 5.74) is 1.01. The predicted molar refractivity (Wildman–Crippen MR) is 168 cm³/mol. The summed E-state index contributed by atoms with van der Waals surface area (Å²) in [5.74, 6) is 0. The largest absolute Gasteiger partial charge is 0.495 e. The van der Waals surface area contributed by atoms with Gasteiger partial charge in [-0.25, -0.2) is 0 Å². The molecule has 6 aromatic rings. The fraction of sp³-hybridized carbons (Fsp3) is 0.176. The summed E-state index contributed by atoms with van der Waals surface area (Å²) in [5, 5.41) is 27.9. The third-order valence-electron chi connectivity index (χ3n) is 8.39. The van der Waals surface area contributed by atoms with Crippen LogP contribution in [0.1, 0.15) is 27.7 Å². The molecule has 1 aliphatic rings. The lowest BCUT2D eigenvalue weighted by Crippen LogP contribution is -2.41. The molecule has 2 N–H and O–H groups in total. The number of hydrogen-bond acceptors (Lipinski definition) is 4. The second-order valence-electron chi connectivity index (χ2n) is 11.4. The lowest BCUT2D eigenvalue weighted by atomic mass is 9.75. The molecule has 198 valence electrons. The Hall–Kier alpha value is -3.67. The van der Waals surface area contributed by atoms with E-state index in [2.05, 4.69) is 82.3 Å². The molecule has 6 heteroatoms. The van der Waals surface area contributed by atoms with Gasteiger partial charge in [0.2, 0.25) is 0 Å². The maximum absolute atomic E-state index is 9.44. The summed E-state index contributed by atoms with van der Waals surface area (Å²) in [7, 11) is -1.78. The molecule has 0 amide bonds. The Kier molecular flexibility index (Phi) is 6.68. The van der Waals surface area contributed by atoms with Gasteiger partial charge >= 0.3 is 14.2 Å². The zero-order valence-corrected chi connectivity index (χ0v) is 23.3. The van der Waals surface area contributed by atoms with E-state index in [1.165, 1.54) is 21.5 Å². The predicted octanol–water partition coefficient (Wildman–Crippen LogP) is 5.97. The fourth-order valence-electron chi connectivity index (χ4n) is 5.54. The van der Waals surface area contributed by atoms with Crippen LogP contribution in [0, 0.1) is 0 Å². The molecule has 1 saturated heterocycles. The molecule has 1 heterocycles. The highest BCUT2D eigenvalue weighted by molar-refractivity contribution is 6.66. The van der Waals surface area contributed by atoms with Crippen molar-refractivity contribution in [2.24, 2.45) is 0 Å². The van der Waals surface area contributed by atoms with E-state index in [1.807, 2.05) is 54.6 Å². The van der Waals surface area contributed by atoms with Crippen molar-refractivity contribution in [3.63, 3.8) is 0 Å². The van der Waals surface area contributed by atoms with Crippen LogP contribution in [0.5, 0.6) is 0 Å². The fourth-order valence-corrected chi connectivity index (χ4v) is 5.54. The summed E-state index contributed by atoms with van der Waals surface area (Å²) >= 11 is 0. The van der Waals surface area contributed by atoms with Gasteiger partial charge in [-0.2, -0.15) is 0 Å². The van der Waals surface area contributed by atoms with Crippen LogP contribution in [0.2, 0.25) is 0 Å². The lowest BCUT2D eigenvalue weighted by molar-refractivity contribution is 0.00578. The van der Waals surface area contributed by atoms with Crippen LogP contribution in [-0.4, -0.2) is 35.5 Å². The van der Waals surface area contributed by atoms with Crippen molar-refractivity contribution in [3.8, 4) is 0 Å². The SMILES string of the molecule is CC1(C)OB(c2cc3ccccc3c3ccccc23)OC1(C)C.OB(O)c1cc2ccccc2c2ccccc12. The van der Waals surface area contributed by atoms with Crippen LogP contribution < -0.4 is 10.9 Å². The van der Waals surface area contributed by atoms with E-state index in [9.17, 15) is 10.0 Å². The van der Waals surface area contributed by atoms with Crippen LogP contribution in [0.4, 0.5) is 0 Å². The van der Waals surface area contributed by atoms with Crippen LogP contribution in [0.15, 0.2) is 109 Å². The molecule has 0 unspecified atom stereocenters. The van der Waals surface area contributed by atoms with Crippen molar-refractivity contribution < 1.29 is 19.4 Å². The summed E-state index contributed by atoms with van der Waals surface area (Å²) in [6.07, 6.45) is 0. The number of hydrogen-bond donors (Lipinski definition) is 2. The molecule has 0 atom stereocenters. The molecule has 4 nitrogen and oxygen atoms in total. The quantitative estimate of drug-likeness (QED) is 0.216. The highest BCUT2D eigenvalue weighted by Crippen LogP contribution is 2.37. The Labute approximate surface area is 235 Å². The standard InChI is InChI=1S/C20H21BO2.C14H11BO2/c1-19(2)20(3,4)23-21(22-19)18-13-14-9-5-6-10-15(14)16-11-7-8-12-17(16)18;16-15(17)14-9-10-5-1-2-6-11(10)12-7-3-4-8-13(12)14/h5-13H,1-4H3;1-9,16-17H. The van der Waals surface area contributed by atoms with Crippen molar-refractivity contribution in [2.75, 3.05) is 0 Å². The van der Waals surface area contributed by atoms with Crippen molar-refractivity contribution >= 4 is 68.3 Å². The van der Waals surface area contributed by atoms with E-state index in [-0.39, 0.29) is 18.3 Å². The van der Waals surface area contributed by atoms with Crippen molar-refractivity contribution in [1.29, 1.82) is 0 Å². The van der Waals surface area contributed by atoms with Gasteiger partial charge < -0.3 is 19.4 Å². The summed E-state index contributed by atoms with van der Waals surface area (Å²) in [6, 6.07) is 36.8. The zero-order valence-electron chi connectivity index (χ0n) is 23.3. The van der Waals surface area contributed by atoms with Crippen molar-refractivity contribution in [1.82, 2.24) is 0 Å². The van der Waals surface area contributed by atoms with Crippen molar-refractivity contribution in [2.45, 2.75) is 38.9 Å². The number of fused-ring (bicyclic) bond motifs is 6. The first-order valence-electron chi connectivity index (χ1n) is 13.7. The average Bonchev–Trinajstić information content (AvgIpc) is 3.18. The number of benzene rings is 6. The Bertz CT molecular complexity index is 1850. The monoisotopic (exact) mass is 526 g/mol. The topological polar surface area (TPSA) is 58.9 Å². The first-order chi connectivity index (χ1) is 19.2. The van der Waals surface area contributed by atoms with E-state index >= 15 is 0 Å². The maximum Gasteiger partial charge on any atom is 0.495 e. The third-order valence-corrected chi connectivity index (χ3v) is 8.39. The Morgan fingerprint density at radius 3 is 1.45 bits per heavy atom. The summed E-state index contributed by atoms with van der Waals surface area (Å²) < 4.78 is 12.6. The molecule has 1 aliphatic heterocycles. The summed E-state index contributed by atoms with van der Waals surface area (Å²) in [4.78, 5) is 0. The van der Waals surface area contributed by atoms with E-state index in [1.54, 1.807) is 0 Å². The van der Waals surface area contributed by atoms with Crippen LogP contribution in [0.25, 0.3) is 43.1 Å². The van der Waals surface area contributed by atoms with Gasteiger partial charge in [-0.3, -0.25) is 0 Å². The minimum absolute atomic E-state index is 0.329. The van der Waals surface area contributed by atoms with E-state index < -0.39 is 7.12 Å². The molecule has 1 fully saturated rings. The van der Waals surface area contributed by atoms with Gasteiger partial charge in [0.1, 0.15) is 0 Å². The van der Waals surface area contributed by atoms with E-state index in [0.29, 0.717) is 5.46 Å². The van der Waals surface area contributed by atoms with E-state index in [4.69, 9.17) is 9.31 Å². The van der Waals surface area contributed by atoms with Gasteiger partial charge in [0.15, 0.2) is 0 Å². The zero-order chi connectivity index (χ0) is 28.1. The van der Waals surface area contributed by atoms with Gasteiger partial charge in [-0.05, 0) is 81.7 Å². The molecule has 0 radical (unpaired) electrons. The molecule has 0 aromatic heterocycles. The minimum Gasteiger partial charge on any atom is -0.423 e. The normalized spacial score (nSPS) is 15.9. The highest BCUT2D eigenvalue weighted by atomic mass is 16.7. The molecule has 0 saturated carbocycles. The Morgan fingerprint density at radius 2 is 0.925 bits per heavy atom. The Morgan fingerprint density at radius 1 is 0.525 bits per heavy atom. The second-order valence-corrected chi connectivity index (χ2v) is 11.4. The van der Waals surface area contributed by atoms with Crippen LogP contribution in [0.3, 0.4) is 0 Å². The van der Waals surface area contributed by atoms with Crippen LogP contribution in [-0.2, 0) is 9.31 Å². The van der Waals surface area contributed by atoms with Gasteiger partial charge in [0, 0.05) is 0 Å². The summed E-state index contributed by atoms with van der Waals surface area (Å²) in [6.45, 7) is 8.37. The first-order valence-corrected chi connectivity index (χ1v) is 13.7. The molecular weight excluding hydrogens is 494 g/mol. The van der Waals surface area contributed by atoms with Crippen LogP contribution >= 0.6 is 0 Å². The maximum atomic E-state index is 9.44. The molecule has 7 rings (SSSR count). The highest BCUT2D eigenvalue weighted by Gasteiger charge is 2.52. The van der Waals surface area contributed by atoms with Crippen molar-refractivity contribution in [3.05, 3.63) is 109 Å². The minimum atomic E-state index is -1.44. The molecule has 0 spiro atoms. The third kappa shape index (κ3) is 4.57. The molecular formula is C34H32B2O4. The smallest absolute Gasteiger partial charge is 0.423 e. The van der Waals surface area contributed by atoms with Gasteiger partial charge in [0.25, 0.3) is 0 Å². The molecule has 0 bridgehead atoms. The first kappa shape index (κ1) is 26.5. The van der Waals surface area contributed by atoms with Gasteiger partial charge in [-0.15, -0.1) is 0 Å². The van der Waals surface area contributed by atoms with Gasteiger partial charge in [-0.1, -0.05) is 109 Å². The average molecular weight is 526 g/mol. The molecule has 40 heavy (non-hydrogen) atoms. The number of rotatable bonds is 2. The molecule has 6 aromatic carbocycles. The molecule has 0 aliphatic carbocycles. The van der Waals surface area contributed by atoms with E-state index in [0.717, 1.165) is 27.0 Å². The second kappa shape index (κ2) is 10.1.